The Balaban J connectivity index is 2.15. The molecule has 0 aliphatic carbocycles. The summed E-state index contributed by atoms with van der Waals surface area (Å²) in [6.07, 6.45) is 0. The third-order valence-electron chi connectivity index (χ3n) is 4.91. The molecule has 0 saturated heterocycles. The molecule has 0 spiro atoms. The van der Waals surface area contributed by atoms with Crippen molar-refractivity contribution in [2.24, 2.45) is 5.73 Å². The summed E-state index contributed by atoms with van der Waals surface area (Å²) in [6, 6.07) is 9.15. The molecule has 0 aromatic heterocycles. The molecule has 9 nitrogen and oxygen atoms in total. The van der Waals surface area contributed by atoms with E-state index in [-0.39, 0.29) is 19.1 Å². The van der Waals surface area contributed by atoms with Gasteiger partial charge in [-0.2, -0.15) is 0 Å². The molecule has 0 aliphatic rings. The second kappa shape index (κ2) is 11.7. The Morgan fingerprint density at radius 1 is 0.970 bits per heavy atom. The van der Waals surface area contributed by atoms with Crippen LogP contribution in [0.25, 0.3) is 0 Å². The Bertz CT molecular complexity index is 1030. The van der Waals surface area contributed by atoms with E-state index in [1.807, 2.05) is 31.2 Å². The minimum Gasteiger partial charge on any atom is -0.464 e. The second-order valence-electron chi connectivity index (χ2n) is 7.68. The smallest absolute Gasteiger partial charge is 0.330 e. The number of esters is 1. The molecule has 1 atom stereocenters. The molecule has 5 N–H and O–H groups in total. The third-order valence-corrected chi connectivity index (χ3v) is 4.91. The first-order valence-corrected chi connectivity index (χ1v) is 10.6. The summed E-state index contributed by atoms with van der Waals surface area (Å²) in [4.78, 5) is 48.7. The predicted octanol–water partition coefficient (Wildman–Crippen LogP) is 1.87. The summed E-state index contributed by atoms with van der Waals surface area (Å²) >= 11 is 0. The van der Waals surface area contributed by atoms with Crippen LogP contribution in [0.15, 0.2) is 36.4 Å². The standard InChI is InChI=1S/C24H30N4O5/c1-5-33-23(31)19(13-27-24(25)32)28-22(30)20-15(3)10-18(11-16(20)4)21(29)26-12-17-8-6-7-14(2)9-17/h6-11,19H,5,12-13H2,1-4H3,(H,26,29)(H,28,30)(H3,25,27,32)/t19-/m0/s1. The Labute approximate surface area is 193 Å². The van der Waals surface area contributed by atoms with Crippen LogP contribution in [0.5, 0.6) is 0 Å². The predicted molar refractivity (Wildman–Crippen MR) is 124 cm³/mol. The van der Waals surface area contributed by atoms with Crippen LogP contribution >= 0.6 is 0 Å². The van der Waals surface area contributed by atoms with Gasteiger partial charge in [0, 0.05) is 17.7 Å². The summed E-state index contributed by atoms with van der Waals surface area (Å²) in [5.74, 6) is -1.48. The van der Waals surface area contributed by atoms with Crippen molar-refractivity contribution in [2.75, 3.05) is 13.2 Å². The number of hydrogen-bond donors (Lipinski definition) is 4. The molecule has 2 aromatic rings. The number of amides is 4. The molecule has 0 unspecified atom stereocenters. The molecule has 2 rings (SSSR count). The number of primary amides is 1. The minimum absolute atomic E-state index is 0.117. The summed E-state index contributed by atoms with van der Waals surface area (Å²) < 4.78 is 4.96. The number of carbonyl (C=O) groups excluding carboxylic acids is 4. The van der Waals surface area contributed by atoms with Crippen LogP contribution in [0.1, 0.15) is 49.9 Å². The summed E-state index contributed by atoms with van der Waals surface area (Å²) in [5.41, 5.74) is 9.05. The lowest BCUT2D eigenvalue weighted by Crippen LogP contribution is -2.50. The number of ether oxygens (including phenoxy) is 1. The molecule has 0 fully saturated rings. The lowest BCUT2D eigenvalue weighted by molar-refractivity contribution is -0.145. The van der Waals surface area contributed by atoms with Crippen molar-refractivity contribution in [3.05, 3.63) is 69.8 Å². The van der Waals surface area contributed by atoms with Crippen LogP contribution in [0.2, 0.25) is 0 Å². The number of hydrogen-bond acceptors (Lipinski definition) is 5. The molecule has 176 valence electrons. The fraction of sp³-hybridized carbons (Fsp3) is 0.333. The van der Waals surface area contributed by atoms with E-state index in [0.717, 1.165) is 11.1 Å². The van der Waals surface area contributed by atoms with E-state index < -0.39 is 23.9 Å². The van der Waals surface area contributed by atoms with Crippen LogP contribution in [0.4, 0.5) is 4.79 Å². The van der Waals surface area contributed by atoms with Crippen molar-refractivity contribution < 1.29 is 23.9 Å². The van der Waals surface area contributed by atoms with Gasteiger partial charge in [-0.05, 0) is 56.5 Å². The van der Waals surface area contributed by atoms with E-state index in [4.69, 9.17) is 10.5 Å². The van der Waals surface area contributed by atoms with Crippen molar-refractivity contribution in [2.45, 2.75) is 40.3 Å². The molecule has 0 radical (unpaired) electrons. The second-order valence-corrected chi connectivity index (χ2v) is 7.68. The maximum atomic E-state index is 12.9. The monoisotopic (exact) mass is 454 g/mol. The van der Waals surface area contributed by atoms with Crippen LogP contribution in [-0.4, -0.2) is 43.0 Å². The van der Waals surface area contributed by atoms with Gasteiger partial charge >= 0.3 is 12.0 Å². The number of nitrogens with two attached hydrogens (primary N) is 1. The van der Waals surface area contributed by atoms with Gasteiger partial charge in [0.15, 0.2) is 0 Å². The van der Waals surface area contributed by atoms with Crippen molar-refractivity contribution in [1.82, 2.24) is 16.0 Å². The largest absolute Gasteiger partial charge is 0.464 e. The Hall–Kier alpha value is -3.88. The van der Waals surface area contributed by atoms with E-state index in [2.05, 4.69) is 16.0 Å². The Morgan fingerprint density at radius 3 is 2.21 bits per heavy atom. The average Bonchev–Trinajstić information content (AvgIpc) is 2.74. The van der Waals surface area contributed by atoms with Crippen LogP contribution in [0, 0.1) is 20.8 Å². The zero-order valence-electron chi connectivity index (χ0n) is 19.3. The van der Waals surface area contributed by atoms with E-state index in [0.29, 0.717) is 28.8 Å². The molecule has 2 aromatic carbocycles. The first-order chi connectivity index (χ1) is 15.6. The van der Waals surface area contributed by atoms with Gasteiger partial charge < -0.3 is 26.4 Å². The molecular formula is C24H30N4O5. The highest BCUT2D eigenvalue weighted by Crippen LogP contribution is 2.17. The third kappa shape index (κ3) is 7.34. The highest BCUT2D eigenvalue weighted by atomic mass is 16.5. The van der Waals surface area contributed by atoms with Gasteiger partial charge in [0.1, 0.15) is 6.04 Å². The van der Waals surface area contributed by atoms with Crippen LogP contribution in [-0.2, 0) is 16.1 Å². The zero-order valence-corrected chi connectivity index (χ0v) is 19.3. The first-order valence-electron chi connectivity index (χ1n) is 10.6. The summed E-state index contributed by atoms with van der Waals surface area (Å²) in [7, 11) is 0. The molecular weight excluding hydrogens is 424 g/mol. The number of benzene rings is 2. The fourth-order valence-electron chi connectivity index (χ4n) is 3.43. The highest BCUT2D eigenvalue weighted by Gasteiger charge is 2.25. The van der Waals surface area contributed by atoms with Crippen LogP contribution in [0.3, 0.4) is 0 Å². The number of aryl methyl sites for hydroxylation is 3. The Morgan fingerprint density at radius 2 is 1.64 bits per heavy atom. The average molecular weight is 455 g/mol. The number of carbonyl (C=O) groups is 4. The lowest BCUT2D eigenvalue weighted by Gasteiger charge is -2.19. The lowest BCUT2D eigenvalue weighted by atomic mass is 9.98. The maximum absolute atomic E-state index is 12.9. The van der Waals surface area contributed by atoms with E-state index in [1.165, 1.54) is 0 Å². The molecule has 33 heavy (non-hydrogen) atoms. The molecule has 0 heterocycles. The fourth-order valence-corrected chi connectivity index (χ4v) is 3.43. The number of nitrogens with one attached hydrogen (secondary N) is 3. The maximum Gasteiger partial charge on any atom is 0.330 e. The van der Waals surface area contributed by atoms with Gasteiger partial charge in [0.2, 0.25) is 0 Å². The molecule has 4 amide bonds. The Kier molecular flexibility index (Phi) is 8.97. The zero-order chi connectivity index (χ0) is 24.5. The molecule has 0 saturated carbocycles. The SMILES string of the molecule is CCOC(=O)[C@H](CNC(N)=O)NC(=O)c1c(C)cc(C(=O)NCc2cccc(C)c2)cc1C. The van der Waals surface area contributed by atoms with Gasteiger partial charge in [0.25, 0.3) is 11.8 Å². The normalized spacial score (nSPS) is 11.3. The minimum atomic E-state index is -1.11. The first kappa shape index (κ1) is 25.4. The summed E-state index contributed by atoms with van der Waals surface area (Å²) in [5, 5.41) is 7.75. The van der Waals surface area contributed by atoms with Crippen molar-refractivity contribution >= 4 is 23.8 Å². The van der Waals surface area contributed by atoms with Crippen LogP contribution < -0.4 is 21.7 Å². The van der Waals surface area contributed by atoms with Crippen molar-refractivity contribution in [1.29, 1.82) is 0 Å². The molecule has 9 heteroatoms. The quantitative estimate of drug-likeness (QED) is 0.428. The van der Waals surface area contributed by atoms with Gasteiger partial charge in [-0.15, -0.1) is 0 Å². The number of urea groups is 1. The van der Waals surface area contributed by atoms with Gasteiger partial charge in [-0.25, -0.2) is 9.59 Å². The van der Waals surface area contributed by atoms with E-state index in [9.17, 15) is 19.2 Å². The highest BCUT2D eigenvalue weighted by molar-refractivity contribution is 6.01. The molecule has 0 aliphatic heterocycles. The van der Waals surface area contributed by atoms with Crippen molar-refractivity contribution in [3.63, 3.8) is 0 Å². The number of rotatable bonds is 9. The molecule has 0 bridgehead atoms. The van der Waals surface area contributed by atoms with E-state index >= 15 is 0 Å². The van der Waals surface area contributed by atoms with Gasteiger partial charge in [-0.1, -0.05) is 29.8 Å². The topological polar surface area (TPSA) is 140 Å². The van der Waals surface area contributed by atoms with Crippen molar-refractivity contribution in [3.8, 4) is 0 Å². The summed E-state index contributed by atoms with van der Waals surface area (Å²) in [6.45, 7) is 7.33. The van der Waals surface area contributed by atoms with Gasteiger partial charge in [0.05, 0.1) is 13.2 Å². The van der Waals surface area contributed by atoms with E-state index in [1.54, 1.807) is 32.9 Å². The van der Waals surface area contributed by atoms with Gasteiger partial charge in [-0.3, -0.25) is 9.59 Å².